The third-order valence-electron chi connectivity index (χ3n) is 4.86. The summed E-state index contributed by atoms with van der Waals surface area (Å²) < 4.78 is 2.03. The number of nitrogens with zero attached hydrogens (tertiary/aromatic N) is 2. The molecule has 2 fully saturated rings. The third kappa shape index (κ3) is 2.89. The predicted octanol–water partition coefficient (Wildman–Crippen LogP) is 3.30. The second-order valence-electron chi connectivity index (χ2n) is 6.98. The van der Waals surface area contributed by atoms with Crippen LogP contribution in [0.25, 0.3) is 0 Å². The molecule has 2 aliphatic carbocycles. The molecule has 3 atom stereocenters. The number of carbonyl (C=O) groups is 1. The number of rotatable bonds is 5. The Balaban J connectivity index is 1.55. The van der Waals surface area contributed by atoms with E-state index in [1.54, 1.807) is 6.20 Å². The second kappa shape index (κ2) is 5.58. The van der Waals surface area contributed by atoms with E-state index >= 15 is 0 Å². The Kier molecular flexibility index (Phi) is 3.81. The number of anilines is 1. The number of hydrogen-bond acceptors (Lipinski definition) is 2. The number of nitrogens with one attached hydrogen (secondary N) is 1. The number of fused-ring (bicyclic) bond motifs is 2. The molecule has 110 valence electrons. The fourth-order valence-corrected chi connectivity index (χ4v) is 4.01. The van der Waals surface area contributed by atoms with Gasteiger partial charge >= 0.3 is 0 Å². The molecule has 3 rings (SSSR count). The first kappa shape index (κ1) is 13.7. The highest BCUT2D eigenvalue weighted by molar-refractivity contribution is 5.89. The first-order valence-corrected chi connectivity index (χ1v) is 7.92. The summed E-state index contributed by atoms with van der Waals surface area (Å²) in [4.78, 5) is 16.5. The van der Waals surface area contributed by atoms with Gasteiger partial charge in [0.2, 0.25) is 11.9 Å². The largest absolute Gasteiger partial charge is 0.317 e. The first-order valence-electron chi connectivity index (χ1n) is 7.92. The van der Waals surface area contributed by atoms with Gasteiger partial charge in [-0.2, -0.15) is 0 Å². The van der Waals surface area contributed by atoms with Crippen molar-refractivity contribution in [1.29, 1.82) is 0 Å². The number of amides is 1. The highest BCUT2D eigenvalue weighted by Crippen LogP contribution is 2.49. The van der Waals surface area contributed by atoms with Crippen LogP contribution in [0.1, 0.15) is 46.0 Å². The van der Waals surface area contributed by atoms with Crippen molar-refractivity contribution in [2.24, 2.45) is 23.7 Å². The van der Waals surface area contributed by atoms with Gasteiger partial charge in [0.25, 0.3) is 0 Å². The zero-order valence-corrected chi connectivity index (χ0v) is 12.5. The maximum Gasteiger partial charge on any atom is 0.226 e. The Bertz CT molecular complexity index is 480. The van der Waals surface area contributed by atoms with Crippen molar-refractivity contribution < 1.29 is 4.79 Å². The smallest absolute Gasteiger partial charge is 0.226 e. The minimum Gasteiger partial charge on any atom is -0.317 e. The van der Waals surface area contributed by atoms with E-state index in [1.807, 2.05) is 10.8 Å². The van der Waals surface area contributed by atoms with Crippen molar-refractivity contribution in [2.45, 2.75) is 52.5 Å². The van der Waals surface area contributed by atoms with Crippen molar-refractivity contribution in [3.05, 3.63) is 12.4 Å². The molecule has 2 saturated carbocycles. The van der Waals surface area contributed by atoms with Crippen molar-refractivity contribution in [3.63, 3.8) is 0 Å². The molecule has 4 nitrogen and oxygen atoms in total. The van der Waals surface area contributed by atoms with Crippen LogP contribution in [0.4, 0.5) is 5.95 Å². The molecule has 1 N–H and O–H groups in total. The minimum atomic E-state index is 0.138. The van der Waals surface area contributed by atoms with Gasteiger partial charge < -0.3 is 4.57 Å². The van der Waals surface area contributed by atoms with Crippen LogP contribution < -0.4 is 5.32 Å². The van der Waals surface area contributed by atoms with E-state index in [9.17, 15) is 4.79 Å². The summed E-state index contributed by atoms with van der Waals surface area (Å²) in [6.07, 6.45) is 9.73. The van der Waals surface area contributed by atoms with Crippen LogP contribution in [-0.4, -0.2) is 15.5 Å². The number of carbonyl (C=O) groups excluding carboxylic acids is 1. The standard InChI is InChI=1S/C16H25N3O/c1-11(2)10-19-6-5-17-16(19)18-15(20)9-14-8-12-3-4-13(14)7-12/h5-6,11-14H,3-4,7-10H2,1-2H3,(H,17,18,20)/t12-,13-,14-/m0/s1. The quantitative estimate of drug-likeness (QED) is 0.896. The topological polar surface area (TPSA) is 46.9 Å². The zero-order chi connectivity index (χ0) is 14.1. The van der Waals surface area contributed by atoms with Crippen LogP contribution in [0.5, 0.6) is 0 Å². The molecule has 2 bridgehead atoms. The second-order valence-corrected chi connectivity index (χ2v) is 6.98. The first-order chi connectivity index (χ1) is 9.61. The summed E-state index contributed by atoms with van der Waals surface area (Å²) in [6, 6.07) is 0. The lowest BCUT2D eigenvalue weighted by Crippen LogP contribution is -2.22. The summed E-state index contributed by atoms with van der Waals surface area (Å²) in [5, 5.41) is 3.00. The van der Waals surface area contributed by atoms with E-state index in [2.05, 4.69) is 24.1 Å². The maximum atomic E-state index is 12.2. The monoisotopic (exact) mass is 275 g/mol. The molecule has 1 aromatic rings. The Morgan fingerprint density at radius 1 is 1.45 bits per heavy atom. The molecule has 0 aliphatic heterocycles. The van der Waals surface area contributed by atoms with Crippen molar-refractivity contribution >= 4 is 11.9 Å². The Morgan fingerprint density at radius 2 is 2.30 bits per heavy atom. The fraction of sp³-hybridized carbons (Fsp3) is 0.750. The lowest BCUT2D eigenvalue weighted by atomic mass is 9.86. The van der Waals surface area contributed by atoms with Gasteiger partial charge in [0.15, 0.2) is 0 Å². The lowest BCUT2D eigenvalue weighted by molar-refractivity contribution is -0.117. The van der Waals surface area contributed by atoms with Gasteiger partial charge in [0.1, 0.15) is 0 Å². The van der Waals surface area contributed by atoms with Crippen LogP contribution in [0.15, 0.2) is 12.4 Å². The van der Waals surface area contributed by atoms with Gasteiger partial charge in [-0.05, 0) is 42.9 Å². The highest BCUT2D eigenvalue weighted by Gasteiger charge is 2.40. The molecular weight excluding hydrogens is 250 g/mol. The van der Waals surface area contributed by atoms with Crippen LogP contribution >= 0.6 is 0 Å². The zero-order valence-electron chi connectivity index (χ0n) is 12.5. The molecule has 0 saturated heterocycles. The average Bonchev–Trinajstić information content (AvgIpc) is 3.06. The van der Waals surface area contributed by atoms with Crippen molar-refractivity contribution in [1.82, 2.24) is 9.55 Å². The van der Waals surface area contributed by atoms with Crippen LogP contribution in [0.3, 0.4) is 0 Å². The predicted molar refractivity (Wildman–Crippen MR) is 79.2 cm³/mol. The van der Waals surface area contributed by atoms with Gasteiger partial charge in [0.05, 0.1) is 0 Å². The summed E-state index contributed by atoms with van der Waals surface area (Å²) in [5.41, 5.74) is 0. The van der Waals surface area contributed by atoms with E-state index in [1.165, 1.54) is 25.7 Å². The van der Waals surface area contributed by atoms with Crippen LogP contribution in [-0.2, 0) is 11.3 Å². The lowest BCUT2D eigenvalue weighted by Gasteiger charge is -2.21. The average molecular weight is 275 g/mol. The third-order valence-corrected chi connectivity index (χ3v) is 4.86. The van der Waals surface area contributed by atoms with Crippen LogP contribution in [0, 0.1) is 23.7 Å². The molecule has 0 radical (unpaired) electrons. The van der Waals surface area contributed by atoms with Crippen LogP contribution in [0.2, 0.25) is 0 Å². The van der Waals surface area contributed by atoms with Gasteiger partial charge in [-0.3, -0.25) is 10.1 Å². The highest BCUT2D eigenvalue weighted by atomic mass is 16.1. The molecule has 20 heavy (non-hydrogen) atoms. The Hall–Kier alpha value is -1.32. The normalized spacial score (nSPS) is 28.2. The van der Waals surface area contributed by atoms with E-state index < -0.39 is 0 Å². The number of aromatic nitrogens is 2. The van der Waals surface area contributed by atoms with Gasteiger partial charge in [-0.25, -0.2) is 4.98 Å². The Morgan fingerprint density at radius 3 is 2.95 bits per heavy atom. The summed E-state index contributed by atoms with van der Waals surface area (Å²) in [7, 11) is 0. The van der Waals surface area contributed by atoms with E-state index in [-0.39, 0.29) is 5.91 Å². The molecule has 2 aliphatic rings. The molecule has 1 amide bonds. The molecule has 0 spiro atoms. The van der Waals surface area contributed by atoms with Gasteiger partial charge in [-0.1, -0.05) is 20.3 Å². The van der Waals surface area contributed by atoms with Crippen molar-refractivity contribution in [2.75, 3.05) is 5.32 Å². The molecule has 0 unspecified atom stereocenters. The van der Waals surface area contributed by atoms with Gasteiger partial charge in [-0.15, -0.1) is 0 Å². The van der Waals surface area contributed by atoms with Crippen molar-refractivity contribution in [3.8, 4) is 0 Å². The molecular formula is C16H25N3O. The van der Waals surface area contributed by atoms with E-state index in [0.29, 0.717) is 24.2 Å². The molecule has 1 heterocycles. The fourth-order valence-electron chi connectivity index (χ4n) is 4.01. The SMILES string of the molecule is CC(C)Cn1ccnc1NC(=O)C[C@@H]1C[C@H]2CC[C@H]1C2. The summed E-state index contributed by atoms with van der Waals surface area (Å²) >= 11 is 0. The van der Waals surface area contributed by atoms with E-state index in [0.717, 1.165) is 18.4 Å². The molecule has 0 aromatic carbocycles. The van der Waals surface area contributed by atoms with E-state index in [4.69, 9.17) is 0 Å². The number of imidazole rings is 1. The molecule has 4 heteroatoms. The summed E-state index contributed by atoms with van der Waals surface area (Å²) in [6.45, 7) is 5.23. The minimum absolute atomic E-state index is 0.138. The maximum absolute atomic E-state index is 12.2. The molecule has 1 aromatic heterocycles. The number of hydrogen-bond donors (Lipinski definition) is 1. The Labute approximate surface area is 121 Å². The van der Waals surface area contributed by atoms with Gasteiger partial charge in [0, 0.05) is 25.4 Å². The summed E-state index contributed by atoms with van der Waals surface area (Å²) in [5.74, 6) is 3.71.